The Hall–Kier alpha value is -2.21. The zero-order valence-electron chi connectivity index (χ0n) is 14.6. The quantitative estimate of drug-likeness (QED) is 0.613. The van der Waals surface area contributed by atoms with E-state index in [0.717, 1.165) is 10.9 Å². The lowest BCUT2D eigenvalue weighted by atomic mass is 9.84. The first-order valence-electron chi connectivity index (χ1n) is 9.04. The summed E-state index contributed by atoms with van der Waals surface area (Å²) in [6, 6.07) is 1.98. The molecule has 2 N–H and O–H groups in total. The van der Waals surface area contributed by atoms with E-state index in [1.807, 2.05) is 0 Å². The largest absolute Gasteiger partial charge is 0.365 e. The van der Waals surface area contributed by atoms with E-state index in [1.165, 1.54) is 38.3 Å². The zero-order valence-corrected chi connectivity index (χ0v) is 15.4. The molecule has 0 amide bonds. The van der Waals surface area contributed by atoms with Gasteiger partial charge in [0.05, 0.1) is 11.2 Å². The van der Waals surface area contributed by atoms with Crippen molar-refractivity contribution in [2.75, 3.05) is 5.32 Å². The predicted molar refractivity (Wildman–Crippen MR) is 106 cm³/mol. The molecule has 1 aliphatic rings. The Morgan fingerprint density at radius 3 is 2.88 bits per heavy atom. The van der Waals surface area contributed by atoms with Gasteiger partial charge in [-0.1, -0.05) is 30.9 Å². The third-order valence-electron chi connectivity index (χ3n) is 5.20. The summed E-state index contributed by atoms with van der Waals surface area (Å²) in [5, 5.41) is 4.61. The highest BCUT2D eigenvalue weighted by Gasteiger charge is 2.22. The van der Waals surface area contributed by atoms with E-state index >= 15 is 0 Å². The Balaban J connectivity index is 0.00000140. The number of pyridine rings is 1. The number of nitrogens with zero attached hydrogens (tertiary/aromatic N) is 3. The van der Waals surface area contributed by atoms with Gasteiger partial charge in [0.2, 0.25) is 0 Å². The molecule has 3 heterocycles. The average Bonchev–Trinajstić information content (AvgIpc) is 3.07. The minimum atomic E-state index is -0.438. The molecular formula is C19H25ClFN5. The van der Waals surface area contributed by atoms with Crippen LogP contribution in [0.15, 0.2) is 24.7 Å². The molecule has 3 aromatic rings. The third kappa shape index (κ3) is 3.38. The van der Waals surface area contributed by atoms with Crippen LogP contribution in [0.3, 0.4) is 0 Å². The number of anilines is 1. The van der Waals surface area contributed by atoms with Crippen LogP contribution in [-0.4, -0.2) is 26.0 Å². The fourth-order valence-corrected chi connectivity index (χ4v) is 3.89. The molecule has 5 nitrogen and oxygen atoms in total. The van der Waals surface area contributed by atoms with Gasteiger partial charge in [-0.15, -0.1) is 0 Å². The van der Waals surface area contributed by atoms with Crippen molar-refractivity contribution in [3.8, 4) is 11.4 Å². The van der Waals surface area contributed by atoms with Crippen molar-refractivity contribution in [1.82, 2.24) is 19.9 Å². The van der Waals surface area contributed by atoms with Crippen LogP contribution < -0.4 is 5.32 Å². The molecule has 0 radical (unpaired) electrons. The summed E-state index contributed by atoms with van der Waals surface area (Å²) < 4.78 is 14.3. The molecule has 0 spiro atoms. The molecular weight excluding hydrogens is 353 g/mol. The molecule has 26 heavy (non-hydrogen) atoms. The van der Waals surface area contributed by atoms with Crippen LogP contribution in [0, 0.1) is 11.7 Å². The second-order valence-electron chi connectivity index (χ2n) is 6.97. The van der Waals surface area contributed by atoms with Crippen molar-refractivity contribution >= 4 is 28.5 Å². The number of halogens is 2. The summed E-state index contributed by atoms with van der Waals surface area (Å²) in [4.78, 5) is 15.9. The van der Waals surface area contributed by atoms with Gasteiger partial charge in [0.1, 0.15) is 5.65 Å². The number of H-pyrrole nitrogens is 1. The van der Waals surface area contributed by atoms with Crippen LogP contribution in [-0.2, 0) is 0 Å². The van der Waals surface area contributed by atoms with E-state index in [1.54, 1.807) is 18.5 Å². The van der Waals surface area contributed by atoms with Gasteiger partial charge in [0.25, 0.3) is 0 Å². The Morgan fingerprint density at radius 2 is 2.08 bits per heavy atom. The standard InChI is InChI=1S/C19H21ClFN5.2H2/c1-11(12-5-3-2-4-6-12)25-19-16(21)10-24-18(26-19)15-9-23-17-14(15)7-13(20)8-22-17;;/h7-12H,2-6H2,1H3,(H,22,23)(H,24,25,26);2*1H/t11-;;/m0../s1. The molecule has 1 saturated carbocycles. The van der Waals surface area contributed by atoms with Crippen molar-refractivity contribution in [3.63, 3.8) is 0 Å². The van der Waals surface area contributed by atoms with E-state index in [0.29, 0.717) is 22.4 Å². The number of hydrogen-bond acceptors (Lipinski definition) is 4. The molecule has 0 bridgehead atoms. The SMILES string of the molecule is C[C@H](Nc1nc(-c2c[nH]c3ncc(Cl)cc23)ncc1F)C1CCCCC1.[HH].[HH]. The molecule has 0 aromatic carbocycles. The van der Waals surface area contributed by atoms with Gasteiger partial charge in [-0.05, 0) is 31.7 Å². The number of rotatable bonds is 4. The Labute approximate surface area is 159 Å². The Bertz CT molecular complexity index is 930. The van der Waals surface area contributed by atoms with E-state index in [4.69, 9.17) is 11.6 Å². The maximum atomic E-state index is 14.3. The summed E-state index contributed by atoms with van der Waals surface area (Å²) in [6.45, 7) is 2.10. The minimum Gasteiger partial charge on any atom is -0.365 e. The fourth-order valence-electron chi connectivity index (χ4n) is 3.73. The highest BCUT2D eigenvalue weighted by molar-refractivity contribution is 6.31. The second-order valence-corrected chi connectivity index (χ2v) is 7.41. The smallest absolute Gasteiger partial charge is 0.183 e. The van der Waals surface area contributed by atoms with Crippen LogP contribution in [0.1, 0.15) is 41.9 Å². The lowest BCUT2D eigenvalue weighted by Crippen LogP contribution is -2.28. The summed E-state index contributed by atoms with van der Waals surface area (Å²) in [7, 11) is 0. The van der Waals surface area contributed by atoms with Crippen LogP contribution >= 0.6 is 11.6 Å². The zero-order chi connectivity index (χ0) is 18.1. The van der Waals surface area contributed by atoms with Gasteiger partial charge in [-0.2, -0.15) is 0 Å². The van der Waals surface area contributed by atoms with Gasteiger partial charge in [0.15, 0.2) is 17.5 Å². The molecule has 1 aliphatic carbocycles. The van der Waals surface area contributed by atoms with Crippen LogP contribution in [0.5, 0.6) is 0 Å². The maximum absolute atomic E-state index is 14.3. The summed E-state index contributed by atoms with van der Waals surface area (Å²) in [5.74, 6) is 0.808. The molecule has 4 rings (SSSR count). The molecule has 1 atom stereocenters. The second kappa shape index (κ2) is 7.19. The van der Waals surface area contributed by atoms with Crippen molar-refractivity contribution in [2.45, 2.75) is 45.1 Å². The lowest BCUT2D eigenvalue weighted by molar-refractivity contribution is 0.327. The van der Waals surface area contributed by atoms with Crippen LogP contribution in [0.25, 0.3) is 22.4 Å². The van der Waals surface area contributed by atoms with Crippen molar-refractivity contribution < 1.29 is 7.24 Å². The van der Waals surface area contributed by atoms with E-state index in [2.05, 4.69) is 32.2 Å². The molecule has 1 fully saturated rings. The first-order chi connectivity index (χ1) is 12.6. The number of fused-ring (bicyclic) bond motifs is 1. The number of hydrogen-bond donors (Lipinski definition) is 2. The molecule has 3 aromatic heterocycles. The highest BCUT2D eigenvalue weighted by atomic mass is 35.5. The normalized spacial score (nSPS) is 16.7. The van der Waals surface area contributed by atoms with E-state index < -0.39 is 5.82 Å². The molecule has 0 saturated heterocycles. The first kappa shape index (κ1) is 17.2. The van der Waals surface area contributed by atoms with Gasteiger partial charge in [0, 0.05) is 32.2 Å². The van der Waals surface area contributed by atoms with Gasteiger partial charge < -0.3 is 10.3 Å². The van der Waals surface area contributed by atoms with Crippen LogP contribution in [0.4, 0.5) is 10.2 Å². The predicted octanol–water partition coefficient (Wildman–Crippen LogP) is 5.69. The number of aromatic nitrogens is 4. The Morgan fingerprint density at radius 1 is 1.27 bits per heavy atom. The highest BCUT2D eigenvalue weighted by Crippen LogP contribution is 2.30. The van der Waals surface area contributed by atoms with Gasteiger partial charge >= 0.3 is 0 Å². The molecule has 0 unspecified atom stereocenters. The maximum Gasteiger partial charge on any atom is 0.183 e. The third-order valence-corrected chi connectivity index (χ3v) is 5.41. The molecule has 7 heteroatoms. The summed E-state index contributed by atoms with van der Waals surface area (Å²) >= 11 is 6.06. The van der Waals surface area contributed by atoms with Crippen molar-refractivity contribution in [3.05, 3.63) is 35.5 Å². The number of aromatic amines is 1. The fraction of sp³-hybridized carbons (Fsp3) is 0.421. The van der Waals surface area contributed by atoms with Crippen LogP contribution in [0.2, 0.25) is 5.02 Å². The van der Waals surface area contributed by atoms with E-state index in [9.17, 15) is 4.39 Å². The summed E-state index contributed by atoms with van der Waals surface area (Å²) in [5.41, 5.74) is 1.45. The Kier molecular flexibility index (Phi) is 4.76. The topological polar surface area (TPSA) is 66.5 Å². The minimum absolute atomic E-state index is 0. The van der Waals surface area contributed by atoms with Crippen molar-refractivity contribution in [2.24, 2.45) is 5.92 Å². The lowest BCUT2D eigenvalue weighted by Gasteiger charge is -2.28. The molecule has 0 aliphatic heterocycles. The average molecular weight is 378 g/mol. The first-order valence-corrected chi connectivity index (χ1v) is 9.41. The number of nitrogens with one attached hydrogen (secondary N) is 2. The van der Waals surface area contributed by atoms with Gasteiger partial charge in [-0.3, -0.25) is 0 Å². The van der Waals surface area contributed by atoms with Crippen molar-refractivity contribution in [1.29, 1.82) is 0 Å². The molecule has 140 valence electrons. The monoisotopic (exact) mass is 377 g/mol. The van der Waals surface area contributed by atoms with Gasteiger partial charge in [-0.25, -0.2) is 19.3 Å². The van der Waals surface area contributed by atoms with E-state index in [-0.39, 0.29) is 14.7 Å². The summed E-state index contributed by atoms with van der Waals surface area (Å²) in [6.07, 6.45) is 10.7.